The van der Waals surface area contributed by atoms with Crippen LogP contribution in [0.4, 0.5) is 114 Å². The lowest BCUT2D eigenvalue weighted by Crippen LogP contribution is -2.80. The van der Waals surface area contributed by atoms with Crippen LogP contribution in [0, 0.1) is 0 Å². The lowest BCUT2D eigenvalue weighted by Gasteiger charge is -2.46. The molecule has 0 saturated carbocycles. The highest BCUT2D eigenvalue weighted by atomic mass is 19.4. The molecule has 0 aliphatic heterocycles. The van der Waals surface area contributed by atoms with Gasteiger partial charge < -0.3 is 0 Å². The first-order valence-corrected chi connectivity index (χ1v) is 8.49. The van der Waals surface area contributed by atoms with Crippen LogP contribution in [0.3, 0.4) is 0 Å². The molecule has 0 heterocycles. The highest BCUT2D eigenvalue weighted by molar-refractivity contribution is 5.20. The van der Waals surface area contributed by atoms with Crippen LogP contribution in [0.1, 0.15) is 0 Å². The minimum atomic E-state index is -9.65. The summed E-state index contributed by atoms with van der Waals surface area (Å²) in [5.41, 5.74) is 5.87. The molecule has 0 saturated heterocycles. The van der Waals surface area contributed by atoms with E-state index in [1.54, 1.807) is 0 Å². The van der Waals surface area contributed by atoms with Crippen molar-refractivity contribution in [2.24, 2.45) is 11.5 Å². The molecule has 28 heteroatoms. The minimum absolute atomic E-state index is 2.93. The Morgan fingerprint density at radius 1 is 0.220 bits per heavy atom. The molecule has 4 N–H and O–H groups in total. The normalized spacial score (nSPS) is 18.4. The Kier molecular flexibility index (Phi) is 8.64. The quantitative estimate of drug-likeness (QED) is 0.181. The van der Waals surface area contributed by atoms with Crippen LogP contribution in [0.25, 0.3) is 0 Å². The summed E-state index contributed by atoms with van der Waals surface area (Å²) in [6, 6.07) is -7.22. The van der Waals surface area contributed by atoms with Crippen LogP contribution in [0.15, 0.2) is 0 Å². The van der Waals surface area contributed by atoms with E-state index < -0.39 is 77.2 Å². The molecule has 0 aromatic carbocycles. The van der Waals surface area contributed by atoms with Crippen LogP contribution in [0.5, 0.6) is 0 Å². The summed E-state index contributed by atoms with van der Waals surface area (Å²) < 4.78 is 341. The van der Waals surface area contributed by atoms with Gasteiger partial charge in [-0.1, -0.05) is 0 Å². The second-order valence-electron chi connectivity index (χ2n) is 7.58. The summed E-state index contributed by atoms with van der Waals surface area (Å²) >= 11 is 0. The van der Waals surface area contributed by atoms with Crippen molar-refractivity contribution in [2.45, 2.75) is 77.2 Å². The summed E-state index contributed by atoms with van der Waals surface area (Å²) in [5.74, 6) is -99.7. The van der Waals surface area contributed by atoms with Gasteiger partial charge in [0, 0.05) is 0 Å². The van der Waals surface area contributed by atoms with Crippen molar-refractivity contribution in [2.75, 3.05) is 0 Å². The SMILES string of the molecule is NC(F)(F)C(F)(F)C(F)(F)C(F)(F)C(F)(F)C(F)(F)C(F)(F)C(F)(F)C(F)(F)C(F)(F)C(N)(F)C(F)(F)C(F)(F)F. The van der Waals surface area contributed by atoms with Gasteiger partial charge in [0.25, 0.3) is 0 Å². The Bertz CT molecular complexity index is 889. The molecule has 248 valence electrons. The van der Waals surface area contributed by atoms with Gasteiger partial charge in [-0.15, -0.1) is 0 Å². The van der Waals surface area contributed by atoms with Crippen LogP contribution < -0.4 is 11.5 Å². The molecular formula is C13H4F26N2. The first-order valence-electron chi connectivity index (χ1n) is 8.49. The molecule has 1 atom stereocenters. The van der Waals surface area contributed by atoms with Crippen molar-refractivity contribution in [3.8, 4) is 0 Å². The van der Waals surface area contributed by atoms with Crippen molar-refractivity contribution in [3.63, 3.8) is 0 Å². The Labute approximate surface area is 204 Å². The number of rotatable bonds is 11. The molecule has 0 spiro atoms. The zero-order valence-electron chi connectivity index (χ0n) is 17.5. The fraction of sp³-hybridized carbons (Fsp3) is 1.00. The third-order valence-electron chi connectivity index (χ3n) is 4.84. The van der Waals surface area contributed by atoms with Crippen molar-refractivity contribution < 1.29 is 114 Å². The zero-order chi connectivity index (χ0) is 34.5. The van der Waals surface area contributed by atoms with Gasteiger partial charge in [0.2, 0.25) is 0 Å². The third kappa shape index (κ3) is 4.41. The molecule has 0 amide bonds. The van der Waals surface area contributed by atoms with Gasteiger partial charge in [0.1, 0.15) is 0 Å². The first-order chi connectivity index (χ1) is 17.0. The van der Waals surface area contributed by atoms with Gasteiger partial charge in [-0.3, -0.25) is 11.5 Å². The van der Waals surface area contributed by atoms with Gasteiger partial charge in [-0.05, 0) is 0 Å². The number of halogens is 26. The van der Waals surface area contributed by atoms with Crippen molar-refractivity contribution in [1.29, 1.82) is 0 Å². The fourth-order valence-electron chi connectivity index (χ4n) is 2.22. The topological polar surface area (TPSA) is 52.0 Å². The Morgan fingerprint density at radius 2 is 0.390 bits per heavy atom. The predicted octanol–water partition coefficient (Wildman–Crippen LogP) is 7.08. The lowest BCUT2D eigenvalue weighted by molar-refractivity contribution is -0.477. The Balaban J connectivity index is 7.41. The Hall–Kier alpha value is -1.90. The maximum atomic E-state index is 13.6. The molecule has 0 aromatic heterocycles. The van der Waals surface area contributed by atoms with Crippen molar-refractivity contribution in [1.82, 2.24) is 0 Å². The first kappa shape index (κ1) is 39.1. The largest absolute Gasteiger partial charge is 0.458 e. The van der Waals surface area contributed by atoms with E-state index in [4.69, 9.17) is 0 Å². The van der Waals surface area contributed by atoms with E-state index in [1.165, 1.54) is 0 Å². The van der Waals surface area contributed by atoms with Crippen LogP contribution in [-0.4, -0.2) is 77.2 Å². The van der Waals surface area contributed by atoms with Crippen LogP contribution >= 0.6 is 0 Å². The van der Waals surface area contributed by atoms with E-state index >= 15 is 0 Å². The highest BCUT2D eigenvalue weighted by Crippen LogP contribution is 2.67. The monoisotopic (exact) mass is 682 g/mol. The molecule has 0 aliphatic rings. The average Bonchev–Trinajstić information content (AvgIpc) is 2.70. The number of nitrogens with two attached hydrogens (primary N) is 2. The van der Waals surface area contributed by atoms with Gasteiger partial charge in [-0.2, -0.15) is 110 Å². The van der Waals surface area contributed by atoms with E-state index in [0.717, 1.165) is 0 Å². The molecule has 0 bridgehead atoms. The molecule has 1 unspecified atom stereocenters. The second-order valence-corrected chi connectivity index (χ2v) is 7.58. The van der Waals surface area contributed by atoms with Gasteiger partial charge in [0.15, 0.2) is 0 Å². The molecule has 0 rings (SSSR count). The highest BCUT2D eigenvalue weighted by Gasteiger charge is 2.99. The molecule has 41 heavy (non-hydrogen) atoms. The lowest BCUT2D eigenvalue weighted by atomic mass is 9.83. The Morgan fingerprint density at radius 3 is 0.561 bits per heavy atom. The summed E-state index contributed by atoms with van der Waals surface area (Å²) in [6.07, 6.45) is -7.98. The molecule has 0 aromatic rings. The summed E-state index contributed by atoms with van der Waals surface area (Å²) in [6.45, 7) is 0. The molecule has 2 nitrogen and oxygen atoms in total. The maximum Gasteiger partial charge on any atom is 0.458 e. The molecule has 0 aliphatic carbocycles. The fourth-order valence-corrected chi connectivity index (χ4v) is 2.22. The van der Waals surface area contributed by atoms with E-state index in [2.05, 4.69) is 11.5 Å². The summed E-state index contributed by atoms with van der Waals surface area (Å²) in [7, 11) is 0. The van der Waals surface area contributed by atoms with Crippen molar-refractivity contribution >= 4 is 0 Å². The van der Waals surface area contributed by atoms with E-state index in [-0.39, 0.29) is 0 Å². The summed E-state index contributed by atoms with van der Waals surface area (Å²) in [4.78, 5) is 0. The van der Waals surface area contributed by atoms with E-state index in [9.17, 15) is 114 Å². The van der Waals surface area contributed by atoms with Gasteiger partial charge in [0.05, 0.1) is 0 Å². The van der Waals surface area contributed by atoms with Crippen LogP contribution in [-0.2, 0) is 0 Å². The van der Waals surface area contributed by atoms with Crippen LogP contribution in [0.2, 0.25) is 0 Å². The maximum absolute atomic E-state index is 13.6. The molecule has 0 fully saturated rings. The van der Waals surface area contributed by atoms with Gasteiger partial charge >= 0.3 is 77.2 Å². The van der Waals surface area contributed by atoms with E-state index in [1.807, 2.05) is 0 Å². The second kappa shape index (κ2) is 9.06. The molecule has 0 radical (unpaired) electrons. The molecular weight excluding hydrogens is 678 g/mol. The predicted molar refractivity (Wildman–Crippen MR) is 72.7 cm³/mol. The number of alkyl halides is 26. The number of hydrogen-bond acceptors (Lipinski definition) is 2. The summed E-state index contributed by atoms with van der Waals surface area (Å²) in [5, 5.41) is 0. The van der Waals surface area contributed by atoms with Crippen molar-refractivity contribution in [3.05, 3.63) is 0 Å². The van der Waals surface area contributed by atoms with Gasteiger partial charge in [-0.25, -0.2) is 4.39 Å². The zero-order valence-corrected chi connectivity index (χ0v) is 17.5. The smallest absolute Gasteiger partial charge is 0.288 e. The van der Waals surface area contributed by atoms with E-state index in [0.29, 0.717) is 0 Å². The average molecular weight is 682 g/mol. The number of hydrogen-bond donors (Lipinski definition) is 2. The minimum Gasteiger partial charge on any atom is -0.288 e. The third-order valence-corrected chi connectivity index (χ3v) is 4.84. The standard InChI is InChI=1S/C13H4F26N2/c14-1(15,3(18,19)5(22,23)7(26,27)9(30,31)13(38,39)41)2(16,17)4(20,21)6(24,25)8(28,29)11(34,40)10(32,33)12(35,36)37/h40-41H2.